The van der Waals surface area contributed by atoms with E-state index in [1.54, 1.807) is 11.3 Å². The highest BCUT2D eigenvalue weighted by atomic mass is 32.2. The van der Waals surface area contributed by atoms with Crippen LogP contribution in [-0.2, 0) is 4.79 Å². The summed E-state index contributed by atoms with van der Waals surface area (Å²) in [4.78, 5) is 20.2. The first-order valence-electron chi connectivity index (χ1n) is 7.24. The van der Waals surface area contributed by atoms with Crippen LogP contribution in [0.5, 0.6) is 0 Å². The van der Waals surface area contributed by atoms with Crippen molar-refractivity contribution < 1.29 is 4.79 Å². The van der Waals surface area contributed by atoms with Crippen molar-refractivity contribution >= 4 is 46.5 Å². The van der Waals surface area contributed by atoms with Gasteiger partial charge in [-0.05, 0) is 25.5 Å². The Balaban J connectivity index is 1.74. The molecule has 1 atom stereocenters. The van der Waals surface area contributed by atoms with E-state index < -0.39 is 0 Å². The highest BCUT2D eigenvalue weighted by Crippen LogP contribution is 2.37. The van der Waals surface area contributed by atoms with Crippen LogP contribution in [0.3, 0.4) is 0 Å². The smallest absolute Gasteiger partial charge is 0.237 e. The SMILES string of the molecule is Cc1csc(SCC(=O)N2CCC(C)Sc3ccccc32)n1. The number of benzene rings is 1. The fourth-order valence-corrected chi connectivity index (χ4v) is 5.18. The Bertz CT molecular complexity index is 671. The molecule has 1 aromatic carbocycles. The summed E-state index contributed by atoms with van der Waals surface area (Å²) in [5.74, 6) is 0.611. The van der Waals surface area contributed by atoms with Crippen molar-refractivity contribution in [3.05, 3.63) is 35.3 Å². The Morgan fingerprint density at radius 1 is 1.45 bits per heavy atom. The molecule has 0 fully saturated rings. The normalized spacial score (nSPS) is 17.9. The Kier molecular flexibility index (Phi) is 5.10. The maximum absolute atomic E-state index is 12.7. The van der Waals surface area contributed by atoms with Gasteiger partial charge in [0.15, 0.2) is 4.34 Å². The van der Waals surface area contributed by atoms with Gasteiger partial charge >= 0.3 is 0 Å². The van der Waals surface area contributed by atoms with Gasteiger partial charge in [-0.15, -0.1) is 23.1 Å². The number of fused-ring (bicyclic) bond motifs is 1. The Morgan fingerprint density at radius 3 is 3.05 bits per heavy atom. The summed E-state index contributed by atoms with van der Waals surface area (Å²) in [6.45, 7) is 5.00. The molecule has 6 heteroatoms. The molecule has 0 bridgehead atoms. The van der Waals surface area contributed by atoms with E-state index in [2.05, 4.69) is 24.0 Å². The number of hydrogen-bond donors (Lipinski definition) is 0. The van der Waals surface area contributed by atoms with E-state index in [-0.39, 0.29) is 5.91 Å². The van der Waals surface area contributed by atoms with Crippen molar-refractivity contribution in [2.45, 2.75) is 34.8 Å². The summed E-state index contributed by atoms with van der Waals surface area (Å²) >= 11 is 5.00. The van der Waals surface area contributed by atoms with Crippen LogP contribution in [0, 0.1) is 6.92 Å². The van der Waals surface area contributed by atoms with E-state index >= 15 is 0 Å². The van der Waals surface area contributed by atoms with Gasteiger partial charge < -0.3 is 4.90 Å². The third-order valence-corrected chi connectivity index (χ3v) is 6.82. The number of hydrogen-bond acceptors (Lipinski definition) is 5. The van der Waals surface area contributed by atoms with Crippen molar-refractivity contribution in [3.8, 4) is 0 Å². The molecule has 1 aromatic heterocycles. The first kappa shape index (κ1) is 15.9. The summed E-state index contributed by atoms with van der Waals surface area (Å²) in [7, 11) is 0. The lowest BCUT2D eigenvalue weighted by Gasteiger charge is -2.22. The number of rotatable bonds is 3. The third kappa shape index (κ3) is 3.67. The third-order valence-electron chi connectivity index (χ3n) is 3.46. The zero-order valence-corrected chi connectivity index (χ0v) is 15.1. The number of carbonyl (C=O) groups is 1. The molecule has 1 unspecified atom stereocenters. The minimum Gasteiger partial charge on any atom is -0.311 e. The molecule has 0 saturated carbocycles. The van der Waals surface area contributed by atoms with E-state index in [0.717, 1.165) is 28.7 Å². The van der Waals surface area contributed by atoms with Crippen molar-refractivity contribution in [2.24, 2.45) is 0 Å². The monoisotopic (exact) mass is 350 g/mol. The standard InChI is InChI=1S/C16H18N2OS3/c1-11-9-20-16(17-11)21-10-15(19)18-8-7-12(2)22-14-6-4-3-5-13(14)18/h3-6,9,12H,7-8,10H2,1-2H3. The fourth-order valence-electron chi connectivity index (χ4n) is 2.35. The number of amides is 1. The average Bonchev–Trinajstić information content (AvgIpc) is 2.84. The largest absolute Gasteiger partial charge is 0.311 e. The quantitative estimate of drug-likeness (QED) is 0.765. The van der Waals surface area contributed by atoms with Gasteiger partial charge in [0.1, 0.15) is 0 Å². The average molecular weight is 351 g/mol. The second kappa shape index (κ2) is 7.06. The van der Waals surface area contributed by atoms with Gasteiger partial charge in [0.2, 0.25) is 5.91 Å². The summed E-state index contributed by atoms with van der Waals surface area (Å²) in [5, 5.41) is 2.56. The predicted molar refractivity (Wildman–Crippen MR) is 96.3 cm³/mol. The van der Waals surface area contributed by atoms with Gasteiger partial charge in [0.25, 0.3) is 0 Å². The second-order valence-electron chi connectivity index (χ2n) is 5.27. The van der Waals surface area contributed by atoms with Gasteiger partial charge in [-0.2, -0.15) is 0 Å². The molecule has 0 radical (unpaired) electrons. The number of thiazole rings is 1. The van der Waals surface area contributed by atoms with Gasteiger partial charge in [-0.3, -0.25) is 4.79 Å². The minimum absolute atomic E-state index is 0.167. The molecule has 0 spiro atoms. The topological polar surface area (TPSA) is 33.2 Å². The zero-order valence-electron chi connectivity index (χ0n) is 12.6. The zero-order chi connectivity index (χ0) is 15.5. The minimum atomic E-state index is 0.167. The highest BCUT2D eigenvalue weighted by Gasteiger charge is 2.24. The molecule has 3 rings (SSSR count). The van der Waals surface area contributed by atoms with Crippen LogP contribution in [0.4, 0.5) is 5.69 Å². The van der Waals surface area contributed by atoms with Crippen molar-refractivity contribution in [3.63, 3.8) is 0 Å². The van der Waals surface area contributed by atoms with Crippen LogP contribution in [-0.4, -0.2) is 28.4 Å². The number of thioether (sulfide) groups is 2. The maximum Gasteiger partial charge on any atom is 0.237 e. The lowest BCUT2D eigenvalue weighted by molar-refractivity contribution is -0.116. The number of carbonyl (C=O) groups excluding carboxylic acids is 1. The van der Waals surface area contributed by atoms with Gasteiger partial charge in [-0.25, -0.2) is 4.98 Å². The molecule has 2 aromatic rings. The lowest BCUT2D eigenvalue weighted by atomic mass is 10.2. The van der Waals surface area contributed by atoms with Gasteiger partial charge in [-0.1, -0.05) is 30.8 Å². The van der Waals surface area contributed by atoms with E-state index in [4.69, 9.17) is 0 Å². The first-order chi connectivity index (χ1) is 10.6. The van der Waals surface area contributed by atoms with Gasteiger partial charge in [0, 0.05) is 27.8 Å². The van der Waals surface area contributed by atoms with Crippen LogP contribution in [0.15, 0.2) is 38.9 Å². The van der Waals surface area contributed by atoms with Crippen LogP contribution < -0.4 is 4.90 Å². The molecule has 0 aliphatic carbocycles. The maximum atomic E-state index is 12.7. The molecule has 1 aliphatic heterocycles. The van der Waals surface area contributed by atoms with Crippen LogP contribution >= 0.6 is 34.9 Å². The number of anilines is 1. The van der Waals surface area contributed by atoms with Crippen molar-refractivity contribution in [1.82, 2.24) is 4.98 Å². The number of nitrogens with zero attached hydrogens (tertiary/aromatic N) is 2. The Labute approximate surface area is 143 Å². The first-order valence-corrected chi connectivity index (χ1v) is 9.99. The van der Waals surface area contributed by atoms with E-state index in [1.807, 2.05) is 41.1 Å². The Morgan fingerprint density at radius 2 is 2.27 bits per heavy atom. The molecular weight excluding hydrogens is 332 g/mol. The highest BCUT2D eigenvalue weighted by molar-refractivity contribution is 8.01. The Hall–Kier alpha value is -0.980. The molecule has 1 amide bonds. The number of aromatic nitrogens is 1. The molecule has 22 heavy (non-hydrogen) atoms. The summed E-state index contributed by atoms with van der Waals surface area (Å²) in [6.07, 6.45) is 1.02. The molecule has 2 heterocycles. The molecule has 0 N–H and O–H groups in total. The fraction of sp³-hybridized carbons (Fsp3) is 0.375. The molecular formula is C16H18N2OS3. The molecule has 1 aliphatic rings. The number of para-hydroxylation sites is 1. The van der Waals surface area contributed by atoms with Crippen LogP contribution in [0.2, 0.25) is 0 Å². The molecule has 0 saturated heterocycles. The van der Waals surface area contributed by atoms with E-state index in [0.29, 0.717) is 11.0 Å². The summed E-state index contributed by atoms with van der Waals surface area (Å²) in [5.41, 5.74) is 2.07. The van der Waals surface area contributed by atoms with Crippen LogP contribution in [0.1, 0.15) is 19.0 Å². The van der Waals surface area contributed by atoms with E-state index in [1.165, 1.54) is 16.7 Å². The van der Waals surface area contributed by atoms with E-state index in [9.17, 15) is 4.79 Å². The molecule has 116 valence electrons. The van der Waals surface area contributed by atoms with Crippen LogP contribution in [0.25, 0.3) is 0 Å². The number of aryl methyl sites for hydroxylation is 1. The van der Waals surface area contributed by atoms with Crippen molar-refractivity contribution in [2.75, 3.05) is 17.2 Å². The second-order valence-corrected chi connectivity index (χ2v) is 8.83. The summed E-state index contributed by atoms with van der Waals surface area (Å²) in [6, 6.07) is 8.21. The summed E-state index contributed by atoms with van der Waals surface area (Å²) < 4.78 is 0.969. The predicted octanol–water partition coefficient (Wildman–Crippen LogP) is 4.46. The lowest BCUT2D eigenvalue weighted by Crippen LogP contribution is -2.33. The molecule has 3 nitrogen and oxygen atoms in total. The van der Waals surface area contributed by atoms with Gasteiger partial charge in [0.05, 0.1) is 11.4 Å². The van der Waals surface area contributed by atoms with Crippen molar-refractivity contribution in [1.29, 1.82) is 0 Å².